The Balaban J connectivity index is 1.80. The van der Waals surface area contributed by atoms with Crippen LogP contribution in [-0.2, 0) is 4.79 Å². The topological polar surface area (TPSA) is 61.0 Å². The quantitative estimate of drug-likeness (QED) is 0.810. The van der Waals surface area contributed by atoms with E-state index in [1.807, 2.05) is 24.3 Å². The average molecular weight is 236 g/mol. The van der Waals surface area contributed by atoms with E-state index >= 15 is 0 Å². The van der Waals surface area contributed by atoms with Crippen LogP contribution in [0, 0.1) is 0 Å². The predicted octanol–water partition coefficient (Wildman–Crippen LogP) is 0.725. The molecule has 1 aliphatic heterocycles. The Morgan fingerprint density at radius 2 is 2.35 bits per heavy atom. The SMILES string of the molecule is CNCCC(=O)N1CCC(c2cn[nH]c2)CC1. The van der Waals surface area contributed by atoms with Crippen LogP contribution in [0.15, 0.2) is 12.4 Å². The lowest BCUT2D eigenvalue weighted by molar-refractivity contribution is -0.132. The van der Waals surface area contributed by atoms with Gasteiger partial charge in [0.15, 0.2) is 0 Å². The molecule has 2 rings (SSSR count). The summed E-state index contributed by atoms with van der Waals surface area (Å²) in [5.41, 5.74) is 1.27. The van der Waals surface area contributed by atoms with E-state index in [0.29, 0.717) is 12.3 Å². The average Bonchev–Trinajstić information content (AvgIpc) is 2.90. The van der Waals surface area contributed by atoms with Crippen LogP contribution < -0.4 is 5.32 Å². The van der Waals surface area contributed by atoms with Crippen molar-refractivity contribution in [3.63, 3.8) is 0 Å². The van der Waals surface area contributed by atoms with Gasteiger partial charge in [-0.2, -0.15) is 5.10 Å². The summed E-state index contributed by atoms with van der Waals surface area (Å²) in [6, 6.07) is 0. The lowest BCUT2D eigenvalue weighted by Gasteiger charge is -2.31. The maximum Gasteiger partial charge on any atom is 0.223 e. The first-order valence-electron chi connectivity index (χ1n) is 6.22. The van der Waals surface area contributed by atoms with Gasteiger partial charge in [-0.1, -0.05) is 0 Å². The fraction of sp³-hybridized carbons (Fsp3) is 0.667. The van der Waals surface area contributed by atoms with Gasteiger partial charge in [-0.25, -0.2) is 0 Å². The van der Waals surface area contributed by atoms with Gasteiger partial charge in [0.2, 0.25) is 5.91 Å². The Morgan fingerprint density at radius 3 is 2.94 bits per heavy atom. The van der Waals surface area contributed by atoms with Gasteiger partial charge in [-0.05, 0) is 31.4 Å². The van der Waals surface area contributed by atoms with Crippen molar-refractivity contribution >= 4 is 5.91 Å². The largest absolute Gasteiger partial charge is 0.343 e. The standard InChI is InChI=1S/C12H20N4O/c1-13-5-2-12(17)16-6-3-10(4-7-16)11-8-14-15-9-11/h8-10,13H,2-7H2,1H3,(H,14,15). The first kappa shape index (κ1) is 12.1. The van der Waals surface area contributed by atoms with Crippen molar-refractivity contribution in [3.05, 3.63) is 18.0 Å². The van der Waals surface area contributed by atoms with Crippen molar-refractivity contribution in [1.29, 1.82) is 0 Å². The third kappa shape index (κ3) is 3.06. The minimum Gasteiger partial charge on any atom is -0.343 e. The lowest BCUT2D eigenvalue weighted by atomic mass is 9.91. The summed E-state index contributed by atoms with van der Waals surface area (Å²) in [4.78, 5) is 13.8. The summed E-state index contributed by atoms with van der Waals surface area (Å²) >= 11 is 0. The van der Waals surface area contributed by atoms with Gasteiger partial charge < -0.3 is 10.2 Å². The monoisotopic (exact) mass is 236 g/mol. The minimum atomic E-state index is 0.269. The molecule has 1 amide bonds. The molecule has 0 unspecified atom stereocenters. The molecule has 1 saturated heterocycles. The van der Waals surface area contributed by atoms with Gasteiger partial charge in [-0.3, -0.25) is 9.89 Å². The molecule has 5 heteroatoms. The Kier molecular flexibility index (Phi) is 4.14. The number of nitrogens with one attached hydrogen (secondary N) is 2. The fourth-order valence-corrected chi connectivity index (χ4v) is 2.34. The number of rotatable bonds is 4. The van der Waals surface area contributed by atoms with Gasteiger partial charge in [0, 0.05) is 32.3 Å². The lowest BCUT2D eigenvalue weighted by Crippen LogP contribution is -2.38. The van der Waals surface area contributed by atoms with E-state index < -0.39 is 0 Å². The van der Waals surface area contributed by atoms with Gasteiger partial charge in [0.25, 0.3) is 0 Å². The molecular weight excluding hydrogens is 216 g/mol. The first-order valence-corrected chi connectivity index (χ1v) is 6.22. The Bertz CT molecular complexity index is 341. The van der Waals surface area contributed by atoms with E-state index in [0.717, 1.165) is 32.5 Å². The molecule has 0 aromatic carbocycles. The van der Waals surface area contributed by atoms with Crippen molar-refractivity contribution in [2.45, 2.75) is 25.2 Å². The number of amides is 1. The third-order valence-corrected chi connectivity index (χ3v) is 3.43. The maximum atomic E-state index is 11.8. The second-order valence-electron chi connectivity index (χ2n) is 4.54. The van der Waals surface area contributed by atoms with Crippen LogP contribution in [0.2, 0.25) is 0 Å². The molecule has 1 fully saturated rings. The highest BCUT2D eigenvalue weighted by molar-refractivity contribution is 5.76. The van der Waals surface area contributed by atoms with Gasteiger partial charge in [0.1, 0.15) is 0 Å². The fourth-order valence-electron chi connectivity index (χ4n) is 2.34. The number of carbonyl (C=O) groups excluding carboxylic acids is 1. The number of hydrogen-bond donors (Lipinski definition) is 2. The zero-order valence-corrected chi connectivity index (χ0v) is 10.3. The zero-order valence-electron chi connectivity index (χ0n) is 10.3. The molecule has 0 atom stereocenters. The van der Waals surface area contributed by atoms with Crippen LogP contribution in [0.25, 0.3) is 0 Å². The summed E-state index contributed by atoms with van der Waals surface area (Å²) in [5.74, 6) is 0.826. The molecule has 1 aromatic rings. The molecule has 1 aliphatic rings. The van der Waals surface area contributed by atoms with Crippen LogP contribution in [0.5, 0.6) is 0 Å². The van der Waals surface area contributed by atoms with Gasteiger partial charge in [-0.15, -0.1) is 0 Å². The molecule has 17 heavy (non-hydrogen) atoms. The van der Waals surface area contributed by atoms with Gasteiger partial charge in [0.05, 0.1) is 6.20 Å². The molecule has 0 bridgehead atoms. The van der Waals surface area contributed by atoms with Crippen molar-refractivity contribution in [2.24, 2.45) is 0 Å². The van der Waals surface area contributed by atoms with Gasteiger partial charge >= 0.3 is 0 Å². The van der Waals surface area contributed by atoms with E-state index in [2.05, 4.69) is 15.5 Å². The Labute approximate surface area is 102 Å². The minimum absolute atomic E-state index is 0.269. The van der Waals surface area contributed by atoms with Crippen molar-refractivity contribution in [1.82, 2.24) is 20.4 Å². The number of aromatic amines is 1. The van der Waals surface area contributed by atoms with E-state index in [9.17, 15) is 4.79 Å². The smallest absolute Gasteiger partial charge is 0.223 e. The summed E-state index contributed by atoms with van der Waals surface area (Å²) in [7, 11) is 1.87. The van der Waals surface area contributed by atoms with Crippen molar-refractivity contribution < 1.29 is 4.79 Å². The molecule has 0 radical (unpaired) electrons. The number of carbonyl (C=O) groups is 1. The summed E-state index contributed by atoms with van der Waals surface area (Å²) in [5, 5.41) is 9.84. The summed E-state index contributed by atoms with van der Waals surface area (Å²) in [6.07, 6.45) is 6.55. The molecule has 94 valence electrons. The number of piperidine rings is 1. The van der Waals surface area contributed by atoms with Crippen LogP contribution in [0.3, 0.4) is 0 Å². The number of likely N-dealkylation sites (tertiary alicyclic amines) is 1. The van der Waals surface area contributed by atoms with Crippen molar-refractivity contribution in [2.75, 3.05) is 26.7 Å². The zero-order chi connectivity index (χ0) is 12.1. The highest BCUT2D eigenvalue weighted by Crippen LogP contribution is 2.27. The highest BCUT2D eigenvalue weighted by atomic mass is 16.2. The van der Waals surface area contributed by atoms with Crippen LogP contribution in [0.1, 0.15) is 30.7 Å². The molecular formula is C12H20N4O. The Morgan fingerprint density at radius 1 is 1.59 bits per heavy atom. The molecule has 1 aromatic heterocycles. The predicted molar refractivity (Wildman–Crippen MR) is 65.7 cm³/mol. The third-order valence-electron chi connectivity index (χ3n) is 3.43. The summed E-state index contributed by atoms with van der Waals surface area (Å²) in [6.45, 7) is 2.51. The number of H-pyrrole nitrogens is 1. The molecule has 0 saturated carbocycles. The van der Waals surface area contributed by atoms with E-state index in [4.69, 9.17) is 0 Å². The molecule has 2 N–H and O–H groups in total. The Hall–Kier alpha value is -1.36. The molecule has 0 spiro atoms. The van der Waals surface area contributed by atoms with E-state index in [-0.39, 0.29) is 5.91 Å². The first-order chi connectivity index (χ1) is 8.31. The highest BCUT2D eigenvalue weighted by Gasteiger charge is 2.23. The van der Waals surface area contributed by atoms with E-state index in [1.54, 1.807) is 0 Å². The molecule has 0 aliphatic carbocycles. The number of hydrogen-bond acceptors (Lipinski definition) is 3. The van der Waals surface area contributed by atoms with E-state index in [1.165, 1.54) is 5.56 Å². The second-order valence-corrected chi connectivity index (χ2v) is 4.54. The summed E-state index contributed by atoms with van der Waals surface area (Å²) < 4.78 is 0. The van der Waals surface area contributed by atoms with Crippen LogP contribution in [-0.4, -0.2) is 47.7 Å². The van der Waals surface area contributed by atoms with Crippen LogP contribution in [0.4, 0.5) is 0 Å². The molecule has 2 heterocycles. The molecule has 5 nitrogen and oxygen atoms in total. The number of nitrogens with zero attached hydrogens (tertiary/aromatic N) is 2. The van der Waals surface area contributed by atoms with Crippen molar-refractivity contribution in [3.8, 4) is 0 Å². The maximum absolute atomic E-state index is 11.8. The normalized spacial score (nSPS) is 17.4. The second kappa shape index (κ2) is 5.82. The number of aromatic nitrogens is 2. The van der Waals surface area contributed by atoms with Crippen LogP contribution >= 0.6 is 0 Å².